The molecule has 0 radical (unpaired) electrons. The molecule has 0 fully saturated rings. The van der Waals surface area contributed by atoms with Crippen molar-refractivity contribution < 1.29 is 0 Å². The van der Waals surface area contributed by atoms with E-state index in [1.165, 1.54) is 37.7 Å². The quantitative estimate of drug-likeness (QED) is 0.169. The van der Waals surface area contributed by atoms with Gasteiger partial charge in [-0.1, -0.05) is 170 Å². The molecule has 58 heavy (non-hydrogen) atoms. The normalized spacial score (nSPS) is 11.8. The molecule has 3 heterocycles. The first-order valence-electron chi connectivity index (χ1n) is 19.8. The van der Waals surface area contributed by atoms with Crippen molar-refractivity contribution in [3.05, 3.63) is 200 Å². The number of pyridine rings is 3. The molecule has 0 aliphatic carbocycles. The maximum Gasteiger partial charge on any atom is 0.0972 e. The Morgan fingerprint density at radius 2 is 0.724 bits per heavy atom. The molecule has 0 atom stereocenters. The first kappa shape index (κ1) is 32.5. The van der Waals surface area contributed by atoms with Gasteiger partial charge in [0.25, 0.3) is 0 Å². The largest absolute Gasteiger partial charge is 0.246 e. The van der Waals surface area contributed by atoms with Crippen LogP contribution in [0.2, 0.25) is 0 Å². The van der Waals surface area contributed by atoms with Crippen molar-refractivity contribution in [3.8, 4) is 44.9 Å². The van der Waals surface area contributed by atoms with Crippen molar-refractivity contribution in [2.75, 3.05) is 0 Å². The van der Waals surface area contributed by atoms with Crippen LogP contribution in [-0.2, 0) is 0 Å². The maximum atomic E-state index is 5.53. The van der Waals surface area contributed by atoms with Crippen LogP contribution in [0.25, 0.3) is 121 Å². The highest BCUT2D eigenvalue weighted by Crippen LogP contribution is 2.41. The Morgan fingerprint density at radius 1 is 0.241 bits per heavy atom. The van der Waals surface area contributed by atoms with E-state index in [-0.39, 0.29) is 0 Å². The SMILES string of the molecule is c1ccc(-c2ccc3ccc4ccc(-c5ccc6ccc(-c7cccc(-c8nc9c%10ccccc%10c%10ccccc%10c9c9ccccc89)c7)cc6c5)nc4c3n2)cc1. The number of nitrogens with zero attached hydrogens (tertiary/aromatic N) is 3. The van der Waals surface area contributed by atoms with E-state index in [2.05, 4.69) is 194 Å². The summed E-state index contributed by atoms with van der Waals surface area (Å²) in [5.74, 6) is 0. The first-order valence-corrected chi connectivity index (χ1v) is 19.8. The first-order chi connectivity index (χ1) is 28.7. The molecule has 0 amide bonds. The van der Waals surface area contributed by atoms with Crippen LogP contribution in [0.3, 0.4) is 0 Å². The zero-order valence-electron chi connectivity index (χ0n) is 31.4. The Labute approximate surface area is 334 Å². The van der Waals surface area contributed by atoms with Crippen LogP contribution in [0.5, 0.6) is 0 Å². The van der Waals surface area contributed by atoms with Crippen molar-refractivity contribution in [3.63, 3.8) is 0 Å². The Bertz CT molecular complexity index is 3630. The molecular formula is C55H33N3. The lowest BCUT2D eigenvalue weighted by molar-refractivity contribution is 1.37. The number of aromatic nitrogens is 3. The highest BCUT2D eigenvalue weighted by molar-refractivity contribution is 6.31. The second-order valence-corrected chi connectivity index (χ2v) is 15.1. The average molecular weight is 736 g/mol. The second kappa shape index (κ2) is 12.9. The van der Waals surface area contributed by atoms with E-state index in [1.54, 1.807) is 0 Å². The van der Waals surface area contributed by atoms with Gasteiger partial charge in [-0.15, -0.1) is 0 Å². The number of benzene rings is 9. The molecule has 0 N–H and O–H groups in total. The predicted octanol–water partition coefficient (Wildman–Crippen LogP) is 14.6. The van der Waals surface area contributed by atoms with Crippen LogP contribution in [0.4, 0.5) is 0 Å². The fourth-order valence-electron chi connectivity index (χ4n) is 8.94. The lowest BCUT2D eigenvalue weighted by Crippen LogP contribution is -1.93. The van der Waals surface area contributed by atoms with E-state index in [0.29, 0.717) is 0 Å². The molecule has 3 aromatic heterocycles. The fraction of sp³-hybridized carbons (Fsp3) is 0. The van der Waals surface area contributed by atoms with Gasteiger partial charge in [0.1, 0.15) is 0 Å². The van der Waals surface area contributed by atoms with E-state index in [0.717, 1.165) is 83.0 Å². The lowest BCUT2D eigenvalue weighted by Gasteiger charge is -2.15. The summed E-state index contributed by atoms with van der Waals surface area (Å²) in [5.41, 5.74) is 11.3. The topological polar surface area (TPSA) is 38.7 Å². The monoisotopic (exact) mass is 735 g/mol. The molecular weight excluding hydrogens is 703 g/mol. The van der Waals surface area contributed by atoms with E-state index in [1.807, 2.05) is 6.07 Å². The van der Waals surface area contributed by atoms with E-state index < -0.39 is 0 Å². The van der Waals surface area contributed by atoms with E-state index in [9.17, 15) is 0 Å². The third kappa shape index (κ3) is 5.18. The van der Waals surface area contributed by atoms with Crippen molar-refractivity contribution in [1.29, 1.82) is 0 Å². The zero-order chi connectivity index (χ0) is 38.2. The number of rotatable bonds is 4. The third-order valence-electron chi connectivity index (χ3n) is 11.8. The minimum absolute atomic E-state index is 0.912. The Balaban J connectivity index is 0.972. The molecule has 0 aliphatic heterocycles. The van der Waals surface area contributed by atoms with Gasteiger partial charge in [0.05, 0.1) is 33.6 Å². The smallest absolute Gasteiger partial charge is 0.0972 e. The van der Waals surface area contributed by atoms with Gasteiger partial charge in [-0.05, 0) is 73.8 Å². The molecule has 12 aromatic rings. The second-order valence-electron chi connectivity index (χ2n) is 15.1. The van der Waals surface area contributed by atoms with Crippen LogP contribution in [0, 0.1) is 0 Å². The number of fused-ring (bicyclic) bond motifs is 12. The summed E-state index contributed by atoms with van der Waals surface area (Å²) < 4.78 is 0. The molecule has 0 unspecified atom stereocenters. The minimum Gasteiger partial charge on any atom is -0.246 e. The van der Waals surface area contributed by atoms with Gasteiger partial charge >= 0.3 is 0 Å². The molecule has 3 heteroatoms. The van der Waals surface area contributed by atoms with E-state index in [4.69, 9.17) is 15.0 Å². The van der Waals surface area contributed by atoms with Gasteiger partial charge in [-0.25, -0.2) is 15.0 Å². The summed E-state index contributed by atoms with van der Waals surface area (Å²) in [5, 5.41) is 13.0. The third-order valence-corrected chi connectivity index (χ3v) is 11.8. The highest BCUT2D eigenvalue weighted by Gasteiger charge is 2.17. The van der Waals surface area contributed by atoms with Gasteiger partial charge in [-0.3, -0.25) is 0 Å². The number of hydrogen-bond acceptors (Lipinski definition) is 3. The van der Waals surface area contributed by atoms with Crippen molar-refractivity contribution in [2.24, 2.45) is 0 Å². The number of hydrogen-bond donors (Lipinski definition) is 0. The molecule has 0 saturated carbocycles. The standard InChI is InChI=1S/C55H33N3/c1-2-11-35(12-3-1)49-29-27-36-23-24-37-28-30-50(57-54(37)53(36)56-49)40-26-22-34-21-25-39(32-42(34)33-40)38-13-10-14-41(31-38)52-48-20-9-7-18-46(48)51-45-17-6-4-15-43(45)44-16-5-8-19-47(44)55(51)58-52/h1-33H. The van der Waals surface area contributed by atoms with Crippen molar-refractivity contribution in [2.45, 2.75) is 0 Å². The average Bonchev–Trinajstić information content (AvgIpc) is 3.30. The molecule has 0 saturated heterocycles. The zero-order valence-corrected chi connectivity index (χ0v) is 31.4. The summed E-state index contributed by atoms with van der Waals surface area (Å²) in [6.45, 7) is 0. The predicted molar refractivity (Wildman–Crippen MR) is 244 cm³/mol. The Morgan fingerprint density at radius 3 is 1.45 bits per heavy atom. The molecule has 0 spiro atoms. The van der Waals surface area contributed by atoms with Gasteiger partial charge in [0.2, 0.25) is 0 Å². The minimum atomic E-state index is 0.912. The lowest BCUT2D eigenvalue weighted by atomic mass is 9.92. The van der Waals surface area contributed by atoms with Crippen LogP contribution in [0.1, 0.15) is 0 Å². The molecule has 0 bridgehead atoms. The molecule has 3 nitrogen and oxygen atoms in total. The molecule has 9 aromatic carbocycles. The maximum absolute atomic E-state index is 5.53. The summed E-state index contributed by atoms with van der Waals surface area (Å²) >= 11 is 0. The molecule has 268 valence electrons. The summed E-state index contributed by atoms with van der Waals surface area (Å²) in [6, 6.07) is 71.5. The molecule has 12 rings (SSSR count). The summed E-state index contributed by atoms with van der Waals surface area (Å²) in [6.07, 6.45) is 0. The summed E-state index contributed by atoms with van der Waals surface area (Å²) in [4.78, 5) is 15.9. The van der Waals surface area contributed by atoms with Gasteiger partial charge in [0, 0.05) is 43.6 Å². The highest BCUT2D eigenvalue weighted by atomic mass is 14.8. The van der Waals surface area contributed by atoms with Gasteiger partial charge in [-0.2, -0.15) is 0 Å². The fourth-order valence-corrected chi connectivity index (χ4v) is 8.94. The Hall–Kier alpha value is -7.75. The van der Waals surface area contributed by atoms with Crippen LogP contribution < -0.4 is 0 Å². The van der Waals surface area contributed by atoms with Crippen molar-refractivity contribution in [1.82, 2.24) is 15.0 Å². The van der Waals surface area contributed by atoms with Gasteiger partial charge in [0.15, 0.2) is 0 Å². The summed E-state index contributed by atoms with van der Waals surface area (Å²) in [7, 11) is 0. The van der Waals surface area contributed by atoms with Crippen molar-refractivity contribution >= 4 is 75.8 Å². The van der Waals surface area contributed by atoms with Gasteiger partial charge < -0.3 is 0 Å². The Kier molecular flexibility index (Phi) is 7.23. The van der Waals surface area contributed by atoms with Crippen LogP contribution in [0.15, 0.2) is 200 Å². The van der Waals surface area contributed by atoms with Crippen LogP contribution >= 0.6 is 0 Å². The van der Waals surface area contributed by atoms with E-state index >= 15 is 0 Å². The van der Waals surface area contributed by atoms with Crippen LogP contribution in [-0.4, -0.2) is 15.0 Å². The molecule has 0 aliphatic rings.